The number of carbonyl (C=O) groups excluding carboxylic acids is 1. The molecular formula is C29H34F4N6O. The van der Waals surface area contributed by atoms with Crippen molar-refractivity contribution in [2.45, 2.75) is 37.6 Å². The summed E-state index contributed by atoms with van der Waals surface area (Å²) < 4.78 is 56.9. The topological polar surface area (TPSA) is 80.8 Å². The Kier molecular flexibility index (Phi) is 7.62. The molecule has 0 radical (unpaired) electrons. The SMILES string of the molecule is CC1(NC(=O)CNc2ccc(C3=CC4C=CNC4(C)N=C3)cc2F)C=CC(CN2CCNCC2)=C(C(F)(F)F)C1. The molecule has 3 aliphatic heterocycles. The van der Waals surface area contributed by atoms with E-state index in [9.17, 15) is 22.4 Å². The normalized spacial score (nSPS) is 28.2. The molecule has 0 saturated carbocycles. The first-order chi connectivity index (χ1) is 18.9. The van der Waals surface area contributed by atoms with Crippen LogP contribution in [0.3, 0.4) is 0 Å². The number of nitrogens with zero attached hydrogens (tertiary/aromatic N) is 2. The third kappa shape index (κ3) is 6.15. The lowest BCUT2D eigenvalue weighted by molar-refractivity contribution is -0.121. The molecule has 1 fully saturated rings. The number of hydrogen-bond donors (Lipinski definition) is 4. The number of anilines is 1. The van der Waals surface area contributed by atoms with Crippen LogP contribution in [0.4, 0.5) is 23.2 Å². The van der Waals surface area contributed by atoms with Crippen molar-refractivity contribution in [2.75, 3.05) is 44.6 Å². The lowest BCUT2D eigenvalue weighted by Crippen LogP contribution is -2.49. The van der Waals surface area contributed by atoms with Crippen molar-refractivity contribution < 1.29 is 22.4 Å². The van der Waals surface area contributed by atoms with Crippen LogP contribution in [-0.4, -0.2) is 73.7 Å². The molecule has 1 aromatic rings. The van der Waals surface area contributed by atoms with Crippen LogP contribution in [0.2, 0.25) is 0 Å². The van der Waals surface area contributed by atoms with Gasteiger partial charge in [-0.2, -0.15) is 13.2 Å². The number of piperazine rings is 1. The molecule has 0 spiro atoms. The molecule has 5 rings (SSSR count). The summed E-state index contributed by atoms with van der Waals surface area (Å²) >= 11 is 0. The van der Waals surface area contributed by atoms with Gasteiger partial charge in [0, 0.05) is 56.9 Å². The van der Waals surface area contributed by atoms with Crippen molar-refractivity contribution in [1.29, 1.82) is 0 Å². The zero-order valence-corrected chi connectivity index (χ0v) is 22.5. The summed E-state index contributed by atoms with van der Waals surface area (Å²) in [5, 5.41) is 11.9. The Morgan fingerprint density at radius 2 is 2.00 bits per heavy atom. The predicted octanol–water partition coefficient (Wildman–Crippen LogP) is 3.75. The molecule has 11 heteroatoms. The quantitative estimate of drug-likeness (QED) is 0.384. The number of rotatable bonds is 7. The summed E-state index contributed by atoms with van der Waals surface area (Å²) in [5.41, 5.74) is -0.478. The number of nitrogens with one attached hydrogen (secondary N) is 4. The maximum atomic E-state index is 14.9. The average molecular weight is 559 g/mol. The molecule has 4 aliphatic rings. The van der Waals surface area contributed by atoms with Crippen LogP contribution < -0.4 is 21.3 Å². The van der Waals surface area contributed by atoms with Crippen molar-refractivity contribution in [3.8, 4) is 0 Å². The first-order valence-corrected chi connectivity index (χ1v) is 13.4. The molecule has 3 atom stereocenters. The molecule has 0 bridgehead atoms. The molecule has 4 N–H and O–H groups in total. The molecule has 7 nitrogen and oxygen atoms in total. The highest BCUT2D eigenvalue weighted by atomic mass is 19.4. The monoisotopic (exact) mass is 558 g/mol. The van der Waals surface area contributed by atoms with E-state index in [0.717, 1.165) is 18.7 Å². The van der Waals surface area contributed by atoms with Gasteiger partial charge in [0.2, 0.25) is 5.91 Å². The fourth-order valence-electron chi connectivity index (χ4n) is 5.48. The van der Waals surface area contributed by atoms with E-state index in [0.29, 0.717) is 18.7 Å². The van der Waals surface area contributed by atoms with Crippen molar-refractivity contribution in [3.05, 3.63) is 71.2 Å². The van der Waals surface area contributed by atoms with E-state index in [-0.39, 0.29) is 36.7 Å². The minimum absolute atomic E-state index is 0.0538. The van der Waals surface area contributed by atoms with Gasteiger partial charge in [-0.1, -0.05) is 30.4 Å². The van der Waals surface area contributed by atoms with Crippen LogP contribution in [0.25, 0.3) is 5.57 Å². The van der Waals surface area contributed by atoms with Crippen LogP contribution in [0.15, 0.2) is 64.8 Å². The molecule has 40 heavy (non-hydrogen) atoms. The van der Waals surface area contributed by atoms with Gasteiger partial charge in [0.25, 0.3) is 0 Å². The highest BCUT2D eigenvalue weighted by Crippen LogP contribution is 2.38. The van der Waals surface area contributed by atoms with E-state index in [1.165, 1.54) is 18.2 Å². The molecule has 1 amide bonds. The van der Waals surface area contributed by atoms with Gasteiger partial charge in [0.05, 0.1) is 17.8 Å². The predicted molar refractivity (Wildman–Crippen MR) is 148 cm³/mol. The van der Waals surface area contributed by atoms with Crippen LogP contribution in [-0.2, 0) is 4.79 Å². The van der Waals surface area contributed by atoms with E-state index in [1.807, 2.05) is 30.2 Å². The minimum Gasteiger partial charge on any atom is -0.374 e. The van der Waals surface area contributed by atoms with Gasteiger partial charge in [-0.05, 0) is 48.9 Å². The number of carbonyl (C=O) groups is 1. The molecule has 3 unspecified atom stereocenters. The molecule has 0 aromatic heterocycles. The number of hydrogen-bond acceptors (Lipinski definition) is 6. The maximum absolute atomic E-state index is 14.9. The summed E-state index contributed by atoms with van der Waals surface area (Å²) in [6, 6.07) is 4.65. The van der Waals surface area contributed by atoms with E-state index in [2.05, 4.69) is 26.3 Å². The van der Waals surface area contributed by atoms with Crippen molar-refractivity contribution >= 4 is 23.4 Å². The van der Waals surface area contributed by atoms with Gasteiger partial charge >= 0.3 is 6.18 Å². The van der Waals surface area contributed by atoms with Crippen molar-refractivity contribution in [2.24, 2.45) is 10.9 Å². The van der Waals surface area contributed by atoms with E-state index < -0.39 is 34.7 Å². The van der Waals surface area contributed by atoms with Crippen LogP contribution in [0, 0.1) is 11.7 Å². The smallest absolute Gasteiger partial charge is 0.374 e. The van der Waals surface area contributed by atoms with E-state index in [1.54, 1.807) is 25.3 Å². The summed E-state index contributed by atoms with van der Waals surface area (Å²) in [4.78, 5) is 19.3. The summed E-state index contributed by atoms with van der Waals surface area (Å²) in [6.07, 6.45) is 5.81. The van der Waals surface area contributed by atoms with Gasteiger partial charge in [0.1, 0.15) is 11.5 Å². The molecule has 1 saturated heterocycles. The third-order valence-electron chi connectivity index (χ3n) is 7.86. The number of aliphatic imine (C=N–C) groups is 1. The number of fused-ring (bicyclic) bond motifs is 1. The highest BCUT2D eigenvalue weighted by Gasteiger charge is 2.42. The first kappa shape index (κ1) is 28.1. The number of halogens is 4. The fourth-order valence-corrected chi connectivity index (χ4v) is 5.48. The molecule has 1 aliphatic carbocycles. The largest absolute Gasteiger partial charge is 0.413 e. The Morgan fingerprint density at radius 3 is 2.73 bits per heavy atom. The first-order valence-electron chi connectivity index (χ1n) is 13.4. The van der Waals surface area contributed by atoms with Crippen molar-refractivity contribution in [1.82, 2.24) is 20.9 Å². The number of alkyl halides is 3. The second-order valence-electron chi connectivity index (χ2n) is 11.1. The lowest BCUT2D eigenvalue weighted by atomic mass is 9.84. The Morgan fingerprint density at radius 1 is 1.23 bits per heavy atom. The molecule has 1 aromatic carbocycles. The second-order valence-corrected chi connectivity index (χ2v) is 11.1. The maximum Gasteiger partial charge on any atom is 0.413 e. The highest BCUT2D eigenvalue weighted by molar-refractivity contribution is 6.11. The number of benzene rings is 1. The van der Waals surface area contributed by atoms with E-state index in [4.69, 9.17) is 0 Å². The standard InChI is InChI=1S/C29H34F4N6O/c1-27(7-5-20(23(15-27)29(31,32)33)18-39-11-9-34-10-12-39)38-26(40)17-35-25-4-3-19(14-24(25)30)21-13-22-6-8-36-28(22,2)37-16-21/h3-8,13-14,16,22,34-36H,9-12,15,17-18H2,1-2H3,(H,38,40). The summed E-state index contributed by atoms with van der Waals surface area (Å²) in [7, 11) is 0. The van der Waals surface area contributed by atoms with Crippen LogP contribution in [0.5, 0.6) is 0 Å². The van der Waals surface area contributed by atoms with Gasteiger partial charge in [-0.3, -0.25) is 14.7 Å². The lowest BCUT2D eigenvalue weighted by Gasteiger charge is -2.35. The average Bonchev–Trinajstić information content (AvgIpc) is 3.29. The fraction of sp³-hybridized carbons (Fsp3) is 0.448. The van der Waals surface area contributed by atoms with E-state index >= 15 is 0 Å². The summed E-state index contributed by atoms with van der Waals surface area (Å²) in [5.74, 6) is -1.03. The number of amides is 1. The van der Waals surface area contributed by atoms with Gasteiger partial charge in [-0.15, -0.1) is 0 Å². The molecule has 214 valence electrons. The Labute approximate surface area is 231 Å². The third-order valence-corrected chi connectivity index (χ3v) is 7.86. The van der Waals surface area contributed by atoms with Crippen LogP contribution >= 0.6 is 0 Å². The summed E-state index contributed by atoms with van der Waals surface area (Å²) in [6.45, 7) is 6.30. The molecular weight excluding hydrogens is 524 g/mol. The van der Waals surface area contributed by atoms with Gasteiger partial charge < -0.3 is 21.3 Å². The van der Waals surface area contributed by atoms with Gasteiger partial charge in [0.15, 0.2) is 0 Å². The van der Waals surface area contributed by atoms with Gasteiger partial charge in [-0.25, -0.2) is 4.39 Å². The number of allylic oxidation sites excluding steroid dienone is 1. The molecule has 3 heterocycles. The van der Waals surface area contributed by atoms with Crippen molar-refractivity contribution in [3.63, 3.8) is 0 Å². The zero-order chi connectivity index (χ0) is 28.5. The van der Waals surface area contributed by atoms with Crippen LogP contribution in [0.1, 0.15) is 25.8 Å². The zero-order valence-electron chi connectivity index (χ0n) is 22.5. The Bertz CT molecular complexity index is 1310. The Balaban J connectivity index is 1.20. The second kappa shape index (κ2) is 10.9. The minimum atomic E-state index is -4.51. The Hall–Kier alpha value is -3.44. The number of dihydropyridines is 1.